The van der Waals surface area contributed by atoms with Gasteiger partial charge in [-0.05, 0) is 12.8 Å². The largest absolute Gasteiger partial charge is 0.370 e. The second kappa shape index (κ2) is 5.99. The molecular weight excluding hydrogens is 240 g/mol. The van der Waals surface area contributed by atoms with Crippen molar-refractivity contribution in [2.24, 2.45) is 11.5 Å². The first-order valence-corrected chi connectivity index (χ1v) is 5.57. The number of carbonyl (C=O) groups is 4. The lowest BCUT2D eigenvalue weighted by Gasteiger charge is -2.17. The van der Waals surface area contributed by atoms with E-state index < -0.39 is 29.8 Å². The maximum absolute atomic E-state index is 11.7. The molecule has 0 radical (unpaired) electrons. The van der Waals surface area contributed by atoms with Gasteiger partial charge in [-0.25, -0.2) is 0 Å². The van der Waals surface area contributed by atoms with Gasteiger partial charge in [0.1, 0.15) is 12.1 Å². The van der Waals surface area contributed by atoms with Gasteiger partial charge in [0.05, 0.1) is 0 Å². The zero-order valence-corrected chi connectivity index (χ0v) is 9.77. The number of rotatable bonds is 6. The standard InChI is InChI=1S/C10H16N4O4/c11-7(15)3-1-5(9(12)17)14-10(18)6-2-4-8(16)13-6/h5-6H,1-4H2,(H2,11,15)(H2,12,17)(H,13,16)(H,14,18)/t5-,6-/m0/s1. The van der Waals surface area contributed by atoms with E-state index in [1.54, 1.807) is 0 Å². The minimum absolute atomic E-state index is 0.0507. The van der Waals surface area contributed by atoms with E-state index in [2.05, 4.69) is 10.6 Å². The molecule has 2 atom stereocenters. The third-order valence-corrected chi connectivity index (χ3v) is 2.65. The van der Waals surface area contributed by atoms with Gasteiger partial charge in [0.15, 0.2) is 0 Å². The van der Waals surface area contributed by atoms with Gasteiger partial charge in [-0.3, -0.25) is 19.2 Å². The van der Waals surface area contributed by atoms with Crippen molar-refractivity contribution in [2.45, 2.75) is 37.8 Å². The maximum Gasteiger partial charge on any atom is 0.243 e. The summed E-state index contributed by atoms with van der Waals surface area (Å²) < 4.78 is 0. The monoisotopic (exact) mass is 256 g/mol. The SMILES string of the molecule is NC(=O)CC[C@H](NC(=O)[C@@H]1CCC(=O)N1)C(N)=O. The van der Waals surface area contributed by atoms with Crippen molar-refractivity contribution in [3.63, 3.8) is 0 Å². The van der Waals surface area contributed by atoms with Crippen molar-refractivity contribution in [3.8, 4) is 0 Å². The van der Waals surface area contributed by atoms with Crippen molar-refractivity contribution >= 4 is 23.6 Å². The topological polar surface area (TPSA) is 144 Å². The third-order valence-electron chi connectivity index (χ3n) is 2.65. The van der Waals surface area contributed by atoms with Gasteiger partial charge in [-0.15, -0.1) is 0 Å². The molecule has 0 spiro atoms. The Balaban J connectivity index is 2.49. The summed E-state index contributed by atoms with van der Waals surface area (Å²) in [5.74, 6) is -2.00. The average molecular weight is 256 g/mol. The van der Waals surface area contributed by atoms with Gasteiger partial charge in [0.25, 0.3) is 0 Å². The van der Waals surface area contributed by atoms with Crippen LogP contribution in [-0.2, 0) is 19.2 Å². The number of primary amides is 2. The normalized spacial score (nSPS) is 20.0. The summed E-state index contributed by atoms with van der Waals surface area (Å²) in [6.07, 6.45) is 0.661. The lowest BCUT2D eigenvalue weighted by Crippen LogP contribution is -2.50. The fourth-order valence-electron chi connectivity index (χ4n) is 1.66. The first-order chi connectivity index (χ1) is 8.40. The molecule has 1 heterocycles. The summed E-state index contributed by atoms with van der Waals surface area (Å²) in [5, 5.41) is 4.87. The minimum atomic E-state index is -0.956. The zero-order valence-electron chi connectivity index (χ0n) is 9.77. The Hall–Kier alpha value is -2.12. The van der Waals surface area contributed by atoms with Crippen LogP contribution < -0.4 is 22.1 Å². The van der Waals surface area contributed by atoms with Crippen molar-refractivity contribution < 1.29 is 19.2 Å². The highest BCUT2D eigenvalue weighted by Crippen LogP contribution is 2.07. The van der Waals surface area contributed by atoms with E-state index in [9.17, 15) is 19.2 Å². The smallest absolute Gasteiger partial charge is 0.243 e. The van der Waals surface area contributed by atoms with E-state index >= 15 is 0 Å². The molecule has 0 unspecified atom stereocenters. The van der Waals surface area contributed by atoms with Crippen molar-refractivity contribution in [1.82, 2.24) is 10.6 Å². The molecule has 1 saturated heterocycles. The second-order valence-electron chi connectivity index (χ2n) is 4.13. The Kier molecular flexibility index (Phi) is 4.64. The number of hydrogen-bond donors (Lipinski definition) is 4. The average Bonchev–Trinajstić information content (AvgIpc) is 2.70. The van der Waals surface area contributed by atoms with Crippen LogP contribution in [0.2, 0.25) is 0 Å². The molecule has 18 heavy (non-hydrogen) atoms. The first-order valence-electron chi connectivity index (χ1n) is 5.57. The summed E-state index contributed by atoms with van der Waals surface area (Å²) in [6.45, 7) is 0. The van der Waals surface area contributed by atoms with Gasteiger partial charge in [-0.2, -0.15) is 0 Å². The number of amides is 4. The number of nitrogens with two attached hydrogens (primary N) is 2. The van der Waals surface area contributed by atoms with Crippen molar-refractivity contribution in [3.05, 3.63) is 0 Å². The van der Waals surface area contributed by atoms with Crippen LogP contribution >= 0.6 is 0 Å². The molecule has 4 amide bonds. The zero-order chi connectivity index (χ0) is 13.7. The molecule has 1 aliphatic heterocycles. The Morgan fingerprint density at radius 3 is 2.50 bits per heavy atom. The molecule has 8 nitrogen and oxygen atoms in total. The van der Waals surface area contributed by atoms with Crippen LogP contribution in [-0.4, -0.2) is 35.7 Å². The van der Waals surface area contributed by atoms with E-state index in [0.29, 0.717) is 6.42 Å². The molecule has 0 aromatic carbocycles. The predicted molar refractivity (Wildman–Crippen MR) is 60.7 cm³/mol. The van der Waals surface area contributed by atoms with Crippen LogP contribution in [0.25, 0.3) is 0 Å². The highest BCUT2D eigenvalue weighted by molar-refractivity contribution is 5.93. The third kappa shape index (κ3) is 4.04. The molecule has 0 bridgehead atoms. The van der Waals surface area contributed by atoms with Gasteiger partial charge < -0.3 is 22.1 Å². The van der Waals surface area contributed by atoms with Crippen LogP contribution in [0.15, 0.2) is 0 Å². The fourth-order valence-corrected chi connectivity index (χ4v) is 1.66. The molecule has 1 aliphatic rings. The molecule has 1 rings (SSSR count). The highest BCUT2D eigenvalue weighted by atomic mass is 16.2. The Bertz CT molecular complexity index is 382. The molecule has 0 aromatic rings. The molecule has 1 fully saturated rings. The lowest BCUT2D eigenvalue weighted by atomic mass is 10.1. The summed E-state index contributed by atoms with van der Waals surface area (Å²) >= 11 is 0. The molecule has 0 aromatic heterocycles. The van der Waals surface area contributed by atoms with Crippen LogP contribution in [0.4, 0.5) is 0 Å². The van der Waals surface area contributed by atoms with E-state index in [1.807, 2.05) is 0 Å². The first kappa shape index (κ1) is 13.9. The number of nitrogens with one attached hydrogen (secondary N) is 2. The Labute approximate surface area is 103 Å². The van der Waals surface area contributed by atoms with Crippen molar-refractivity contribution in [2.75, 3.05) is 0 Å². The minimum Gasteiger partial charge on any atom is -0.370 e. The Morgan fingerprint density at radius 1 is 1.39 bits per heavy atom. The maximum atomic E-state index is 11.7. The van der Waals surface area contributed by atoms with Gasteiger partial charge in [0, 0.05) is 12.8 Å². The van der Waals surface area contributed by atoms with E-state index in [-0.39, 0.29) is 25.2 Å². The number of carbonyl (C=O) groups excluding carboxylic acids is 4. The molecule has 100 valence electrons. The van der Waals surface area contributed by atoms with Gasteiger partial charge in [-0.1, -0.05) is 0 Å². The predicted octanol–water partition coefficient (Wildman–Crippen LogP) is -2.50. The van der Waals surface area contributed by atoms with Crippen LogP contribution in [0, 0.1) is 0 Å². The Morgan fingerprint density at radius 2 is 2.06 bits per heavy atom. The van der Waals surface area contributed by atoms with Gasteiger partial charge in [0.2, 0.25) is 23.6 Å². The summed E-state index contributed by atoms with van der Waals surface area (Å²) in [4.78, 5) is 44.4. The molecular formula is C10H16N4O4. The van der Waals surface area contributed by atoms with Crippen LogP contribution in [0.3, 0.4) is 0 Å². The van der Waals surface area contributed by atoms with E-state index in [4.69, 9.17) is 11.5 Å². The summed E-state index contributed by atoms with van der Waals surface area (Å²) in [7, 11) is 0. The van der Waals surface area contributed by atoms with E-state index in [1.165, 1.54) is 0 Å². The van der Waals surface area contributed by atoms with E-state index in [0.717, 1.165) is 0 Å². The summed E-state index contributed by atoms with van der Waals surface area (Å²) in [5.41, 5.74) is 10.1. The van der Waals surface area contributed by atoms with Crippen LogP contribution in [0.5, 0.6) is 0 Å². The van der Waals surface area contributed by atoms with Gasteiger partial charge >= 0.3 is 0 Å². The lowest BCUT2D eigenvalue weighted by molar-refractivity contribution is -0.129. The van der Waals surface area contributed by atoms with Crippen LogP contribution in [0.1, 0.15) is 25.7 Å². The molecule has 0 saturated carbocycles. The van der Waals surface area contributed by atoms with Crippen molar-refractivity contribution in [1.29, 1.82) is 0 Å². The summed E-state index contributed by atoms with van der Waals surface area (Å²) in [6, 6.07) is -1.60. The fraction of sp³-hybridized carbons (Fsp3) is 0.600. The quantitative estimate of drug-likeness (QED) is 0.416. The second-order valence-corrected chi connectivity index (χ2v) is 4.13. The molecule has 0 aliphatic carbocycles. The molecule has 6 N–H and O–H groups in total. The highest BCUT2D eigenvalue weighted by Gasteiger charge is 2.29. The molecule has 8 heteroatoms. The number of hydrogen-bond acceptors (Lipinski definition) is 4.